The molecule has 2 aromatic carbocycles. The first-order valence-corrected chi connectivity index (χ1v) is 4.82. The maximum atomic E-state index is 5.33. The van der Waals surface area contributed by atoms with Gasteiger partial charge in [-0.15, -0.1) is 0 Å². The summed E-state index contributed by atoms with van der Waals surface area (Å²) in [7, 11) is 1.72. The van der Waals surface area contributed by atoms with Crippen molar-refractivity contribution in [3.63, 3.8) is 0 Å². The molecule has 0 atom stereocenters. The third-order valence-corrected chi connectivity index (χ3v) is 2.51. The van der Waals surface area contributed by atoms with Gasteiger partial charge in [-0.1, -0.05) is 25.1 Å². The minimum absolute atomic E-state index is 0.978. The quantitative estimate of drug-likeness (QED) is 0.698. The monoisotopic (exact) mass is 185 g/mol. The summed E-state index contributed by atoms with van der Waals surface area (Å²) in [6.07, 6.45) is 0.991. The van der Waals surface area contributed by atoms with Gasteiger partial charge < -0.3 is 4.74 Å². The summed E-state index contributed by atoms with van der Waals surface area (Å²) in [6, 6.07) is 13.2. The Bertz CT molecular complexity index is 446. The van der Waals surface area contributed by atoms with Crippen molar-refractivity contribution < 1.29 is 4.74 Å². The van der Waals surface area contributed by atoms with Gasteiger partial charge >= 0.3 is 0 Å². The lowest BCUT2D eigenvalue weighted by Gasteiger charge is -2.09. The number of aryl methyl sites for hydroxylation is 1. The van der Waals surface area contributed by atoms with Crippen molar-refractivity contribution >= 4 is 10.8 Å². The van der Waals surface area contributed by atoms with E-state index in [0.717, 1.165) is 12.2 Å². The average molecular weight is 185 g/mol. The lowest BCUT2D eigenvalue weighted by molar-refractivity contribution is 0.411. The van der Waals surface area contributed by atoms with Crippen molar-refractivity contribution in [3.05, 3.63) is 42.0 Å². The summed E-state index contributed by atoms with van der Waals surface area (Å²) < 4.78 is 5.33. The molecule has 0 spiro atoms. The molecule has 0 unspecified atom stereocenters. The summed E-state index contributed by atoms with van der Waals surface area (Å²) in [5.41, 5.74) is 1.28. The summed E-state index contributed by atoms with van der Waals surface area (Å²) in [4.78, 5) is 0. The maximum Gasteiger partial charge on any atom is 0.122 e. The van der Waals surface area contributed by atoms with Gasteiger partial charge in [0.25, 0.3) is 0 Å². The van der Waals surface area contributed by atoms with Gasteiger partial charge in [0.15, 0.2) is 0 Å². The van der Waals surface area contributed by atoms with E-state index in [-0.39, 0.29) is 0 Å². The molecule has 0 heterocycles. The Morgan fingerprint density at radius 1 is 1.29 bits per heavy atom. The number of ether oxygens (including phenoxy) is 1. The molecule has 0 N–H and O–H groups in total. The standard InChI is InChI=1S/C13H13O/c1-3-11-12-7-5-4-6-10(12)8-9-13(11)14-2/h5-9H,3H2,1-2H3. The number of hydrogen-bond donors (Lipinski definition) is 0. The van der Waals surface area contributed by atoms with Crippen LogP contribution in [0.4, 0.5) is 0 Å². The molecule has 0 saturated carbocycles. The van der Waals surface area contributed by atoms with Gasteiger partial charge in [-0.25, -0.2) is 0 Å². The minimum Gasteiger partial charge on any atom is -0.496 e. The maximum absolute atomic E-state index is 5.33. The van der Waals surface area contributed by atoms with Crippen molar-refractivity contribution in [3.8, 4) is 5.75 Å². The summed E-state index contributed by atoms with van der Waals surface area (Å²) in [5.74, 6) is 0.978. The lowest BCUT2D eigenvalue weighted by atomic mass is 10.0. The van der Waals surface area contributed by atoms with Crippen LogP contribution in [0.1, 0.15) is 12.5 Å². The van der Waals surface area contributed by atoms with Gasteiger partial charge in [0.05, 0.1) is 7.11 Å². The Hall–Kier alpha value is -1.50. The van der Waals surface area contributed by atoms with Crippen LogP contribution in [0.3, 0.4) is 0 Å². The van der Waals surface area contributed by atoms with E-state index in [1.54, 1.807) is 7.11 Å². The Morgan fingerprint density at radius 3 is 2.86 bits per heavy atom. The predicted molar refractivity (Wildman–Crippen MR) is 58.7 cm³/mol. The third-order valence-electron chi connectivity index (χ3n) is 2.51. The van der Waals surface area contributed by atoms with Gasteiger partial charge in [-0.3, -0.25) is 0 Å². The van der Waals surface area contributed by atoms with E-state index in [4.69, 9.17) is 4.74 Å². The Labute approximate surface area is 84.3 Å². The predicted octanol–water partition coefficient (Wildman–Crippen LogP) is 3.21. The van der Waals surface area contributed by atoms with Crippen LogP contribution in [0.25, 0.3) is 10.8 Å². The molecule has 71 valence electrons. The number of hydrogen-bond acceptors (Lipinski definition) is 1. The first-order chi connectivity index (χ1) is 6.86. The van der Waals surface area contributed by atoms with Crippen molar-refractivity contribution in [1.29, 1.82) is 0 Å². The van der Waals surface area contributed by atoms with Crippen molar-refractivity contribution in [1.82, 2.24) is 0 Å². The van der Waals surface area contributed by atoms with E-state index in [0.29, 0.717) is 0 Å². The first-order valence-electron chi connectivity index (χ1n) is 4.82. The van der Waals surface area contributed by atoms with Crippen LogP contribution in [0.5, 0.6) is 5.75 Å². The van der Waals surface area contributed by atoms with E-state index in [1.807, 2.05) is 18.2 Å². The topological polar surface area (TPSA) is 9.23 Å². The molecule has 0 bridgehead atoms. The Kier molecular flexibility index (Phi) is 2.40. The second-order valence-corrected chi connectivity index (χ2v) is 3.25. The highest BCUT2D eigenvalue weighted by atomic mass is 16.5. The van der Waals surface area contributed by atoms with Crippen molar-refractivity contribution in [2.45, 2.75) is 13.3 Å². The van der Waals surface area contributed by atoms with Crippen LogP contribution in [0.15, 0.2) is 30.3 Å². The minimum atomic E-state index is 0.978. The molecule has 0 fully saturated rings. The van der Waals surface area contributed by atoms with Gasteiger partial charge in [0.2, 0.25) is 0 Å². The molecule has 1 nitrogen and oxygen atoms in total. The fraction of sp³-hybridized carbons (Fsp3) is 0.231. The highest BCUT2D eigenvalue weighted by molar-refractivity contribution is 5.87. The molecule has 0 aliphatic rings. The van der Waals surface area contributed by atoms with Gasteiger partial charge in [-0.05, 0) is 35.4 Å². The van der Waals surface area contributed by atoms with E-state index < -0.39 is 0 Å². The normalized spacial score (nSPS) is 10.4. The Morgan fingerprint density at radius 2 is 2.14 bits per heavy atom. The van der Waals surface area contributed by atoms with Crippen LogP contribution in [0, 0.1) is 6.07 Å². The SMILES string of the molecule is CCc1c(OC)ccc2c[c]ccc12. The van der Waals surface area contributed by atoms with Crippen molar-refractivity contribution in [2.75, 3.05) is 7.11 Å². The van der Waals surface area contributed by atoms with Crippen molar-refractivity contribution in [2.24, 2.45) is 0 Å². The van der Waals surface area contributed by atoms with Crippen LogP contribution in [-0.2, 0) is 6.42 Å². The highest BCUT2D eigenvalue weighted by Gasteiger charge is 2.04. The number of rotatable bonds is 2. The molecule has 0 aliphatic heterocycles. The van der Waals surface area contributed by atoms with Crippen LogP contribution in [-0.4, -0.2) is 7.11 Å². The van der Waals surface area contributed by atoms with Gasteiger partial charge in [-0.2, -0.15) is 0 Å². The zero-order valence-corrected chi connectivity index (χ0v) is 8.50. The van der Waals surface area contributed by atoms with Crippen LogP contribution in [0.2, 0.25) is 0 Å². The zero-order chi connectivity index (χ0) is 9.97. The molecular formula is C13H13O. The summed E-state index contributed by atoms with van der Waals surface area (Å²) >= 11 is 0. The highest BCUT2D eigenvalue weighted by Crippen LogP contribution is 2.27. The number of methoxy groups -OCH3 is 1. The van der Waals surface area contributed by atoms with Crippen LogP contribution < -0.4 is 4.74 Å². The average Bonchev–Trinajstić information content (AvgIpc) is 2.27. The van der Waals surface area contributed by atoms with E-state index >= 15 is 0 Å². The fourth-order valence-electron chi connectivity index (χ4n) is 1.81. The molecular weight excluding hydrogens is 172 g/mol. The molecule has 0 aromatic heterocycles. The molecule has 14 heavy (non-hydrogen) atoms. The molecule has 2 rings (SSSR count). The van der Waals surface area contributed by atoms with E-state index in [9.17, 15) is 0 Å². The molecule has 0 saturated heterocycles. The fourth-order valence-corrected chi connectivity index (χ4v) is 1.81. The second-order valence-electron chi connectivity index (χ2n) is 3.25. The second kappa shape index (κ2) is 3.70. The number of fused-ring (bicyclic) bond motifs is 1. The smallest absolute Gasteiger partial charge is 0.122 e. The molecule has 1 radical (unpaired) electrons. The largest absolute Gasteiger partial charge is 0.496 e. The zero-order valence-electron chi connectivity index (χ0n) is 8.50. The van der Waals surface area contributed by atoms with Crippen LogP contribution >= 0.6 is 0 Å². The van der Waals surface area contributed by atoms with Gasteiger partial charge in [0.1, 0.15) is 5.75 Å². The number of benzene rings is 2. The lowest BCUT2D eigenvalue weighted by Crippen LogP contribution is -1.91. The Balaban J connectivity index is 2.77. The molecule has 1 heteroatoms. The first kappa shape index (κ1) is 9.07. The molecule has 0 aliphatic carbocycles. The molecule has 2 aromatic rings. The van der Waals surface area contributed by atoms with E-state index in [1.165, 1.54) is 16.3 Å². The van der Waals surface area contributed by atoms with Gasteiger partial charge in [0, 0.05) is 5.56 Å². The van der Waals surface area contributed by atoms with E-state index in [2.05, 4.69) is 25.1 Å². The third kappa shape index (κ3) is 1.35. The summed E-state index contributed by atoms with van der Waals surface area (Å²) in [6.45, 7) is 2.15. The molecule has 0 amide bonds. The summed E-state index contributed by atoms with van der Waals surface area (Å²) in [5, 5.41) is 2.50.